The van der Waals surface area contributed by atoms with Crippen LogP contribution in [0.25, 0.3) is 0 Å². The smallest absolute Gasteiger partial charge is 0.264 e. The maximum Gasteiger partial charge on any atom is 0.264 e. The van der Waals surface area contributed by atoms with E-state index in [9.17, 15) is 19.5 Å². The lowest BCUT2D eigenvalue weighted by Crippen LogP contribution is -2.46. The van der Waals surface area contributed by atoms with Crippen LogP contribution in [0.2, 0.25) is 18.6 Å². The first kappa shape index (κ1) is 28.5. The molecule has 2 aliphatic heterocycles. The monoisotopic (exact) mass is 623 g/mol. The lowest BCUT2D eigenvalue weighted by Gasteiger charge is -2.32. The highest BCUT2D eigenvalue weighted by molar-refractivity contribution is 9.10. The fourth-order valence-corrected chi connectivity index (χ4v) is 9.28. The molecule has 0 saturated carbocycles. The largest absolute Gasteiger partial charge is 0.432 e. The summed E-state index contributed by atoms with van der Waals surface area (Å²) in [5.41, 5.74) is 8.40. The molecule has 0 bridgehead atoms. The maximum absolute atomic E-state index is 14.3. The Morgan fingerprint density at radius 3 is 2.42 bits per heavy atom. The molecule has 5 rings (SSSR count). The number of benzene rings is 3. The number of nitrogens with zero attached hydrogens (tertiary/aromatic N) is 1. The first-order chi connectivity index (χ1) is 19.0. The molecule has 2 amide bonds. The first-order valence-corrected chi connectivity index (χ1v) is 17.2. The number of carbonyl (C=O) groups is 2. The molecular weight excluding hydrogens is 590 g/mol. The molecule has 10 heteroatoms. The van der Waals surface area contributed by atoms with Crippen LogP contribution in [0.1, 0.15) is 34.8 Å². The van der Waals surface area contributed by atoms with Crippen molar-refractivity contribution in [3.05, 3.63) is 87.9 Å². The number of ether oxygens (including phenoxy) is 1. The summed E-state index contributed by atoms with van der Waals surface area (Å²) in [4.78, 5) is 39.8. The van der Waals surface area contributed by atoms with Gasteiger partial charge in [-0.25, -0.2) is 0 Å². The number of carbonyl (C=O) groups excluding carboxylic acids is 2. The van der Waals surface area contributed by atoms with Gasteiger partial charge in [0.05, 0.1) is 18.3 Å². The van der Waals surface area contributed by atoms with Crippen LogP contribution in [0.4, 0.5) is 17.1 Å². The summed E-state index contributed by atoms with van der Waals surface area (Å²) < 4.78 is 7.46. The third kappa shape index (κ3) is 4.99. The molecule has 8 nitrogen and oxygen atoms in total. The highest BCUT2D eigenvalue weighted by atomic mass is 79.9. The van der Waals surface area contributed by atoms with Gasteiger partial charge < -0.3 is 30.6 Å². The van der Waals surface area contributed by atoms with Crippen LogP contribution >= 0.6 is 15.9 Å². The van der Waals surface area contributed by atoms with E-state index in [-0.39, 0.29) is 29.9 Å². The number of hydrogen-bond donors (Lipinski definition) is 4. The van der Waals surface area contributed by atoms with E-state index in [1.165, 1.54) is 0 Å². The second-order valence-electron chi connectivity index (χ2n) is 11.2. The Balaban J connectivity index is 1.42. The Kier molecular flexibility index (Phi) is 7.66. The lowest BCUT2D eigenvalue weighted by atomic mass is 9.82. The Morgan fingerprint density at radius 1 is 1.12 bits per heavy atom. The van der Waals surface area contributed by atoms with Gasteiger partial charge in [-0.1, -0.05) is 35.0 Å². The van der Waals surface area contributed by atoms with Crippen molar-refractivity contribution < 1.29 is 24.2 Å². The summed E-state index contributed by atoms with van der Waals surface area (Å²) in [6.07, 6.45) is -0.0696. The number of anilines is 3. The minimum atomic E-state index is -2.75. The summed E-state index contributed by atoms with van der Waals surface area (Å²) in [6, 6.07) is 19.9. The number of aliphatic hydroxyl groups excluding tert-OH is 1. The van der Waals surface area contributed by atoms with E-state index in [0.717, 1.165) is 21.3 Å². The minimum absolute atomic E-state index is 0.0844. The highest BCUT2D eigenvalue weighted by Crippen LogP contribution is 2.60. The molecule has 3 aromatic rings. The molecule has 0 aromatic heterocycles. The SMILES string of the molecule is C[C@H]1[C@H]([Si](C)(C)O)[C@@H](CCO)O[C@]12C(=O)N(Cc1ccc(NC(=O)c3ccc(N)cc3)cc1)c1ccc(Br)cc12. The van der Waals surface area contributed by atoms with Crippen LogP contribution in [0, 0.1) is 5.92 Å². The van der Waals surface area contributed by atoms with E-state index in [1.54, 1.807) is 29.2 Å². The zero-order valence-electron chi connectivity index (χ0n) is 22.7. The van der Waals surface area contributed by atoms with Gasteiger partial charge in [0, 0.05) is 45.0 Å². The number of nitrogen functional groups attached to an aromatic ring is 1. The fraction of sp³-hybridized carbons (Fsp3) is 0.333. The van der Waals surface area contributed by atoms with Gasteiger partial charge in [0.15, 0.2) is 13.9 Å². The van der Waals surface area contributed by atoms with Crippen LogP contribution in [0.5, 0.6) is 0 Å². The van der Waals surface area contributed by atoms with E-state index in [2.05, 4.69) is 21.2 Å². The van der Waals surface area contributed by atoms with Gasteiger partial charge in [-0.15, -0.1) is 0 Å². The van der Waals surface area contributed by atoms with Gasteiger partial charge in [-0.2, -0.15) is 0 Å². The summed E-state index contributed by atoms with van der Waals surface area (Å²) in [5.74, 6) is -0.691. The third-order valence-corrected chi connectivity index (χ3v) is 11.1. The molecule has 5 N–H and O–H groups in total. The van der Waals surface area contributed by atoms with Crippen molar-refractivity contribution in [1.82, 2.24) is 0 Å². The Morgan fingerprint density at radius 2 is 1.80 bits per heavy atom. The van der Waals surface area contributed by atoms with Gasteiger partial charge >= 0.3 is 0 Å². The number of nitrogens with two attached hydrogens (primary N) is 1. The number of nitrogens with one attached hydrogen (secondary N) is 1. The topological polar surface area (TPSA) is 125 Å². The predicted molar refractivity (Wildman–Crippen MR) is 161 cm³/mol. The van der Waals surface area contributed by atoms with Crippen LogP contribution in [-0.2, 0) is 21.7 Å². The molecule has 1 fully saturated rings. The molecule has 1 spiro atoms. The fourth-order valence-electron chi connectivity index (χ4n) is 6.32. The van der Waals surface area contributed by atoms with E-state index in [4.69, 9.17) is 10.5 Å². The summed E-state index contributed by atoms with van der Waals surface area (Å²) in [5, 5.41) is 12.6. The molecule has 0 radical (unpaired) electrons. The predicted octanol–water partition coefficient (Wildman–Crippen LogP) is 5.01. The van der Waals surface area contributed by atoms with Crippen LogP contribution in [-0.4, -0.2) is 42.7 Å². The average Bonchev–Trinajstić information content (AvgIpc) is 3.32. The summed E-state index contributed by atoms with van der Waals surface area (Å²) in [7, 11) is -2.75. The van der Waals surface area contributed by atoms with Gasteiger partial charge in [0.1, 0.15) is 0 Å². The van der Waals surface area contributed by atoms with E-state index in [1.807, 2.05) is 62.5 Å². The second kappa shape index (κ2) is 10.8. The molecule has 1 saturated heterocycles. The van der Waals surface area contributed by atoms with E-state index < -0.39 is 20.0 Å². The number of hydrogen-bond acceptors (Lipinski definition) is 6. The molecule has 0 unspecified atom stereocenters. The molecule has 3 aromatic carbocycles. The molecule has 40 heavy (non-hydrogen) atoms. The number of aliphatic hydroxyl groups is 1. The highest BCUT2D eigenvalue weighted by Gasteiger charge is 2.66. The number of fused-ring (bicyclic) bond motifs is 2. The minimum Gasteiger partial charge on any atom is -0.432 e. The number of rotatable bonds is 7. The van der Waals surface area contributed by atoms with Gasteiger partial charge in [0.25, 0.3) is 11.8 Å². The van der Waals surface area contributed by atoms with Crippen molar-refractivity contribution in [1.29, 1.82) is 0 Å². The zero-order chi connectivity index (χ0) is 28.8. The molecule has 210 valence electrons. The van der Waals surface area contributed by atoms with Crippen molar-refractivity contribution in [2.45, 2.75) is 50.2 Å². The molecule has 2 aliphatic rings. The average molecular weight is 625 g/mol. The van der Waals surface area contributed by atoms with Crippen molar-refractivity contribution in [3.63, 3.8) is 0 Å². The van der Waals surface area contributed by atoms with Crippen LogP contribution in [0.15, 0.2) is 71.2 Å². The molecular formula is C30H34BrN3O5Si. The van der Waals surface area contributed by atoms with Gasteiger partial charge in [0.2, 0.25) is 0 Å². The molecule has 2 heterocycles. The number of halogens is 1. The molecule has 0 aliphatic carbocycles. The zero-order valence-corrected chi connectivity index (χ0v) is 25.3. The van der Waals surface area contributed by atoms with Crippen molar-refractivity contribution in [2.75, 3.05) is 22.6 Å². The molecule has 4 atom stereocenters. The normalized spacial score (nSPS) is 24.0. The van der Waals surface area contributed by atoms with Crippen LogP contribution in [0.3, 0.4) is 0 Å². The standard InChI is InChI=1S/C30H34BrN3O5Si/c1-18-27(40(2,3)38)26(14-15-35)39-30(18)24-16-21(31)8-13-25(24)34(29(30)37)17-19-4-11-23(12-5-19)33-28(36)20-6-9-22(32)10-7-20/h4-13,16,18,26-27,35,38H,14-15,17,32H2,1-3H3,(H,33,36)/t18-,26+,27-,30+/m0/s1. The van der Waals surface area contributed by atoms with Gasteiger partial charge in [-0.3, -0.25) is 9.59 Å². The second-order valence-corrected chi connectivity index (χ2v) is 16.1. The van der Waals surface area contributed by atoms with E-state index in [0.29, 0.717) is 29.9 Å². The van der Waals surface area contributed by atoms with Crippen molar-refractivity contribution in [2.24, 2.45) is 5.92 Å². The Hall–Kier alpha value is -3.02. The number of amides is 2. The third-order valence-electron chi connectivity index (χ3n) is 8.08. The van der Waals surface area contributed by atoms with Gasteiger partial charge in [-0.05, 0) is 79.7 Å². The summed E-state index contributed by atoms with van der Waals surface area (Å²) >= 11 is 3.56. The first-order valence-electron chi connectivity index (χ1n) is 13.3. The van der Waals surface area contributed by atoms with Crippen molar-refractivity contribution in [3.8, 4) is 0 Å². The van der Waals surface area contributed by atoms with Crippen molar-refractivity contribution >= 4 is 53.1 Å². The van der Waals surface area contributed by atoms with Crippen LogP contribution < -0.4 is 16.0 Å². The van der Waals surface area contributed by atoms with E-state index >= 15 is 0 Å². The lowest BCUT2D eigenvalue weighted by molar-refractivity contribution is -0.146. The Labute approximate surface area is 243 Å². The Bertz CT molecular complexity index is 1430. The maximum atomic E-state index is 14.3. The quantitative estimate of drug-likeness (QED) is 0.217. The summed E-state index contributed by atoms with van der Waals surface area (Å²) in [6.45, 7) is 5.95.